The third kappa shape index (κ3) is 4.74. The first-order chi connectivity index (χ1) is 10.6. The van der Waals surface area contributed by atoms with Crippen molar-refractivity contribution in [3.05, 3.63) is 48.4 Å². The Morgan fingerprint density at radius 3 is 2.73 bits per heavy atom. The number of urea groups is 1. The van der Waals surface area contributed by atoms with Crippen LogP contribution in [0, 0.1) is 0 Å². The Morgan fingerprint density at radius 1 is 1.27 bits per heavy atom. The predicted octanol–water partition coefficient (Wildman–Crippen LogP) is 3.45. The summed E-state index contributed by atoms with van der Waals surface area (Å²) in [4.78, 5) is 12.0. The Kier molecular flexibility index (Phi) is 5.79. The number of benzene rings is 1. The van der Waals surface area contributed by atoms with Crippen LogP contribution in [0.5, 0.6) is 0 Å². The molecule has 0 aliphatic rings. The molecule has 0 aliphatic carbocycles. The summed E-state index contributed by atoms with van der Waals surface area (Å²) in [5.74, 6) is -2.25. The van der Waals surface area contributed by atoms with Gasteiger partial charge in [-0.25, -0.2) is 4.79 Å². The molecule has 2 aromatic rings. The van der Waals surface area contributed by atoms with Crippen molar-refractivity contribution < 1.29 is 23.1 Å². The SMILES string of the molecule is O=C(NCC(O)c1ccco1)Nc1ccccc1SC(F)F. The van der Waals surface area contributed by atoms with E-state index in [9.17, 15) is 18.7 Å². The molecule has 3 N–H and O–H groups in total. The maximum absolute atomic E-state index is 12.4. The fourth-order valence-corrected chi connectivity index (χ4v) is 2.30. The molecule has 8 heteroatoms. The van der Waals surface area contributed by atoms with Crippen LogP contribution in [0.2, 0.25) is 0 Å². The molecule has 5 nitrogen and oxygen atoms in total. The molecule has 1 atom stereocenters. The standard InChI is InChI=1S/C14H14F2N2O3S/c15-13(16)22-12-6-2-1-4-9(12)18-14(20)17-8-10(19)11-5-3-7-21-11/h1-7,10,13,19H,8H2,(H2,17,18,20). The fourth-order valence-electron chi connectivity index (χ4n) is 1.71. The lowest BCUT2D eigenvalue weighted by Gasteiger charge is -2.13. The molecule has 1 aromatic heterocycles. The van der Waals surface area contributed by atoms with Crippen molar-refractivity contribution in [3.8, 4) is 0 Å². The van der Waals surface area contributed by atoms with Crippen LogP contribution in [0.25, 0.3) is 0 Å². The van der Waals surface area contributed by atoms with E-state index in [1.54, 1.807) is 24.3 Å². The molecule has 2 rings (SSSR count). The summed E-state index contributed by atoms with van der Waals surface area (Å²) in [6.45, 7) is -0.0660. The van der Waals surface area contributed by atoms with Gasteiger partial charge in [0.05, 0.1) is 18.5 Å². The summed E-state index contributed by atoms with van der Waals surface area (Å²) in [7, 11) is 0. The minimum absolute atomic E-state index is 0.0660. The average Bonchev–Trinajstić information content (AvgIpc) is 3.00. The Hall–Kier alpha value is -2.06. The Balaban J connectivity index is 1.89. The Bertz CT molecular complexity index is 608. The van der Waals surface area contributed by atoms with Crippen LogP contribution in [0.4, 0.5) is 19.3 Å². The number of anilines is 1. The van der Waals surface area contributed by atoms with Gasteiger partial charge in [-0.15, -0.1) is 0 Å². The van der Waals surface area contributed by atoms with Crippen LogP contribution in [0.3, 0.4) is 0 Å². The number of aliphatic hydroxyl groups excluding tert-OH is 1. The van der Waals surface area contributed by atoms with Gasteiger partial charge in [0.2, 0.25) is 0 Å². The van der Waals surface area contributed by atoms with E-state index in [1.165, 1.54) is 18.4 Å². The van der Waals surface area contributed by atoms with Gasteiger partial charge in [-0.05, 0) is 24.3 Å². The van der Waals surface area contributed by atoms with E-state index in [2.05, 4.69) is 10.6 Å². The summed E-state index contributed by atoms with van der Waals surface area (Å²) < 4.78 is 29.9. The molecule has 22 heavy (non-hydrogen) atoms. The molecule has 1 unspecified atom stereocenters. The first kappa shape index (κ1) is 16.3. The minimum Gasteiger partial charge on any atom is -0.467 e. The lowest BCUT2D eigenvalue weighted by molar-refractivity contribution is 0.149. The average molecular weight is 328 g/mol. The van der Waals surface area contributed by atoms with Gasteiger partial charge in [-0.2, -0.15) is 8.78 Å². The highest BCUT2D eigenvalue weighted by Crippen LogP contribution is 2.31. The third-order valence-corrected chi connectivity index (χ3v) is 3.47. The van der Waals surface area contributed by atoms with Crippen LogP contribution in [0.1, 0.15) is 11.9 Å². The molecule has 1 heterocycles. The normalized spacial score (nSPS) is 12.2. The van der Waals surface area contributed by atoms with E-state index in [1.807, 2.05) is 0 Å². The first-order valence-corrected chi connectivity index (χ1v) is 7.24. The van der Waals surface area contributed by atoms with Crippen molar-refractivity contribution in [1.82, 2.24) is 5.32 Å². The van der Waals surface area contributed by atoms with Crippen molar-refractivity contribution in [3.63, 3.8) is 0 Å². The number of alkyl halides is 2. The van der Waals surface area contributed by atoms with Crippen LogP contribution < -0.4 is 10.6 Å². The largest absolute Gasteiger partial charge is 0.467 e. The van der Waals surface area contributed by atoms with Crippen molar-refractivity contribution >= 4 is 23.5 Å². The smallest absolute Gasteiger partial charge is 0.319 e. The molecule has 0 bridgehead atoms. The third-order valence-electron chi connectivity index (χ3n) is 2.68. The number of hydrogen-bond donors (Lipinski definition) is 3. The number of hydrogen-bond acceptors (Lipinski definition) is 4. The van der Waals surface area contributed by atoms with Crippen molar-refractivity contribution in [2.75, 3.05) is 11.9 Å². The quantitative estimate of drug-likeness (QED) is 0.710. The summed E-state index contributed by atoms with van der Waals surface area (Å²) in [5, 5.41) is 14.7. The lowest BCUT2D eigenvalue weighted by atomic mass is 10.3. The molecule has 0 radical (unpaired) electrons. The molecule has 1 aromatic carbocycles. The molecular formula is C14H14F2N2O3S. The molecule has 0 fully saturated rings. The summed E-state index contributed by atoms with van der Waals surface area (Å²) in [5.41, 5.74) is 0.276. The second kappa shape index (κ2) is 7.81. The highest BCUT2D eigenvalue weighted by atomic mass is 32.2. The number of amides is 2. The zero-order valence-electron chi connectivity index (χ0n) is 11.3. The first-order valence-electron chi connectivity index (χ1n) is 6.36. The van der Waals surface area contributed by atoms with Crippen molar-refractivity contribution in [2.45, 2.75) is 16.8 Å². The van der Waals surface area contributed by atoms with Crippen LogP contribution >= 0.6 is 11.8 Å². The number of rotatable bonds is 6. The van der Waals surface area contributed by atoms with Gasteiger partial charge in [-0.3, -0.25) is 0 Å². The molecule has 2 amide bonds. The fraction of sp³-hybridized carbons (Fsp3) is 0.214. The van der Waals surface area contributed by atoms with E-state index in [0.717, 1.165) is 0 Å². The number of carbonyl (C=O) groups excluding carboxylic acids is 1. The topological polar surface area (TPSA) is 74.5 Å². The minimum atomic E-state index is -2.58. The zero-order chi connectivity index (χ0) is 15.9. The summed E-state index contributed by atoms with van der Waals surface area (Å²) in [6.07, 6.45) is 0.433. The second-order valence-electron chi connectivity index (χ2n) is 4.24. The van der Waals surface area contributed by atoms with E-state index in [0.29, 0.717) is 17.5 Å². The van der Waals surface area contributed by atoms with E-state index in [4.69, 9.17) is 4.42 Å². The number of nitrogens with one attached hydrogen (secondary N) is 2. The number of aliphatic hydroxyl groups is 1. The van der Waals surface area contributed by atoms with Gasteiger partial charge in [0.15, 0.2) is 0 Å². The van der Waals surface area contributed by atoms with Crippen molar-refractivity contribution in [2.24, 2.45) is 0 Å². The van der Waals surface area contributed by atoms with Gasteiger partial charge >= 0.3 is 6.03 Å². The van der Waals surface area contributed by atoms with Gasteiger partial charge in [0.1, 0.15) is 11.9 Å². The number of carbonyl (C=O) groups is 1. The maximum Gasteiger partial charge on any atom is 0.319 e. The maximum atomic E-state index is 12.4. The second-order valence-corrected chi connectivity index (χ2v) is 5.27. The van der Waals surface area contributed by atoms with Gasteiger partial charge in [0, 0.05) is 4.90 Å². The van der Waals surface area contributed by atoms with Crippen molar-refractivity contribution in [1.29, 1.82) is 0 Å². The molecule has 0 saturated carbocycles. The summed E-state index contributed by atoms with van der Waals surface area (Å²) in [6, 6.07) is 8.84. The van der Waals surface area contributed by atoms with Gasteiger partial charge < -0.3 is 20.2 Å². The van der Waals surface area contributed by atoms with Gasteiger partial charge in [-0.1, -0.05) is 23.9 Å². The number of para-hydroxylation sites is 1. The predicted molar refractivity (Wildman–Crippen MR) is 79.0 cm³/mol. The highest BCUT2D eigenvalue weighted by molar-refractivity contribution is 7.99. The monoisotopic (exact) mass is 328 g/mol. The zero-order valence-corrected chi connectivity index (χ0v) is 12.1. The summed E-state index contributed by atoms with van der Waals surface area (Å²) >= 11 is 0.349. The van der Waals surface area contributed by atoms with E-state index < -0.39 is 17.9 Å². The van der Waals surface area contributed by atoms with Gasteiger partial charge in [0.25, 0.3) is 5.76 Å². The van der Waals surface area contributed by atoms with Crippen LogP contribution in [-0.2, 0) is 0 Å². The highest BCUT2D eigenvalue weighted by Gasteiger charge is 2.14. The molecule has 0 saturated heterocycles. The number of furan rings is 1. The number of thioether (sulfide) groups is 1. The Morgan fingerprint density at radius 2 is 2.05 bits per heavy atom. The van der Waals surface area contributed by atoms with Crippen LogP contribution in [-0.4, -0.2) is 23.4 Å². The van der Waals surface area contributed by atoms with E-state index in [-0.39, 0.29) is 17.1 Å². The lowest BCUT2D eigenvalue weighted by Crippen LogP contribution is -2.32. The van der Waals surface area contributed by atoms with E-state index >= 15 is 0 Å². The van der Waals surface area contributed by atoms with Crippen LogP contribution in [0.15, 0.2) is 52.0 Å². The number of halogens is 2. The molecule has 0 spiro atoms. The molecular weight excluding hydrogens is 314 g/mol. The molecule has 0 aliphatic heterocycles. The molecule has 118 valence electrons. The Labute approximate surface area is 129 Å².